The van der Waals surface area contributed by atoms with Crippen LogP contribution in [0.5, 0.6) is 0 Å². The Morgan fingerprint density at radius 3 is 1.64 bits per heavy atom. The van der Waals surface area contributed by atoms with E-state index in [0.717, 1.165) is 0 Å². The first-order valence-electron chi connectivity index (χ1n) is 4.27. The molecule has 0 saturated heterocycles. The van der Waals surface area contributed by atoms with E-state index >= 15 is 0 Å². The van der Waals surface area contributed by atoms with Gasteiger partial charge in [0.1, 0.15) is 6.04 Å². The van der Waals surface area contributed by atoms with E-state index in [1.807, 2.05) is 36.4 Å². The van der Waals surface area contributed by atoms with Crippen molar-refractivity contribution in [3.63, 3.8) is 0 Å². The minimum Gasteiger partial charge on any atom is -0.480 e. The molecular formula is C10H15NO3. The molecule has 1 aromatic rings. The average molecular weight is 197 g/mol. The Balaban J connectivity index is 0.000000249. The second-order valence-electron chi connectivity index (χ2n) is 2.61. The number of benzene rings is 1. The Kier molecular flexibility index (Phi) is 7.40. The average Bonchev–Trinajstić information content (AvgIpc) is 2.21. The molecule has 0 aromatic heterocycles. The van der Waals surface area contributed by atoms with Crippen LogP contribution in [0.25, 0.3) is 0 Å². The molecule has 0 aliphatic heterocycles. The highest BCUT2D eigenvalue weighted by atomic mass is 16.4. The first-order chi connectivity index (χ1) is 6.68. The van der Waals surface area contributed by atoms with Gasteiger partial charge in [0.05, 0.1) is 0 Å². The fourth-order valence-electron chi connectivity index (χ4n) is 0.647. The zero-order valence-corrected chi connectivity index (χ0v) is 7.84. The van der Waals surface area contributed by atoms with Crippen molar-refractivity contribution in [3.8, 4) is 0 Å². The number of nitrogens with two attached hydrogens (primary N) is 1. The van der Waals surface area contributed by atoms with Crippen molar-refractivity contribution in [1.29, 1.82) is 0 Å². The summed E-state index contributed by atoms with van der Waals surface area (Å²) in [6.07, 6.45) is 0.120. The molecule has 0 aliphatic rings. The summed E-state index contributed by atoms with van der Waals surface area (Å²) in [5, 5.41) is 16.2. The number of aliphatic hydroxyl groups is 1. The number of aliphatic hydroxyl groups excluding tert-OH is 1. The van der Waals surface area contributed by atoms with E-state index in [1.165, 1.54) is 0 Å². The Morgan fingerprint density at radius 2 is 1.50 bits per heavy atom. The maximum absolute atomic E-state index is 9.85. The molecule has 4 heteroatoms. The minimum atomic E-state index is -1.07. The number of carbonyl (C=O) groups is 1. The van der Waals surface area contributed by atoms with Crippen molar-refractivity contribution in [2.24, 2.45) is 5.73 Å². The fraction of sp³-hybridized carbons (Fsp3) is 0.300. The SMILES string of the molecule is NC(CCO)C(=O)O.c1ccccc1. The molecule has 1 rings (SSSR count). The molecule has 1 aromatic carbocycles. The van der Waals surface area contributed by atoms with Gasteiger partial charge in [0, 0.05) is 6.61 Å². The largest absolute Gasteiger partial charge is 0.480 e. The second kappa shape index (κ2) is 8.22. The van der Waals surface area contributed by atoms with Crippen molar-refractivity contribution in [2.45, 2.75) is 12.5 Å². The highest BCUT2D eigenvalue weighted by molar-refractivity contribution is 5.72. The molecule has 0 spiro atoms. The van der Waals surface area contributed by atoms with Gasteiger partial charge in [0.15, 0.2) is 0 Å². The van der Waals surface area contributed by atoms with Crippen LogP contribution >= 0.6 is 0 Å². The molecule has 1 atom stereocenters. The number of carboxylic acids is 1. The quantitative estimate of drug-likeness (QED) is 0.657. The van der Waals surface area contributed by atoms with Crippen LogP contribution in [-0.4, -0.2) is 28.8 Å². The summed E-state index contributed by atoms with van der Waals surface area (Å²) in [5.74, 6) is -1.07. The summed E-state index contributed by atoms with van der Waals surface area (Å²) >= 11 is 0. The lowest BCUT2D eigenvalue weighted by Gasteiger charge is -2.00. The number of aliphatic carboxylic acids is 1. The molecule has 0 aliphatic carbocycles. The van der Waals surface area contributed by atoms with Crippen LogP contribution in [0.2, 0.25) is 0 Å². The molecule has 4 nitrogen and oxygen atoms in total. The van der Waals surface area contributed by atoms with Crippen LogP contribution in [0.4, 0.5) is 0 Å². The van der Waals surface area contributed by atoms with Gasteiger partial charge in [-0.05, 0) is 6.42 Å². The van der Waals surface area contributed by atoms with Crippen molar-refractivity contribution < 1.29 is 15.0 Å². The van der Waals surface area contributed by atoms with Gasteiger partial charge in [0.2, 0.25) is 0 Å². The molecule has 0 saturated carbocycles. The van der Waals surface area contributed by atoms with Gasteiger partial charge in [-0.2, -0.15) is 0 Å². The Bertz CT molecular complexity index is 212. The zero-order chi connectivity index (χ0) is 10.8. The summed E-state index contributed by atoms with van der Waals surface area (Å²) in [4.78, 5) is 9.85. The van der Waals surface area contributed by atoms with E-state index in [1.54, 1.807) is 0 Å². The highest BCUT2D eigenvalue weighted by Gasteiger charge is 2.08. The van der Waals surface area contributed by atoms with E-state index in [0.29, 0.717) is 0 Å². The van der Waals surface area contributed by atoms with E-state index in [2.05, 4.69) is 0 Å². The Hall–Kier alpha value is -1.39. The number of hydrogen-bond acceptors (Lipinski definition) is 3. The lowest BCUT2D eigenvalue weighted by atomic mass is 10.2. The molecule has 4 N–H and O–H groups in total. The summed E-state index contributed by atoms with van der Waals surface area (Å²) in [6, 6.07) is 11.1. The van der Waals surface area contributed by atoms with E-state index < -0.39 is 12.0 Å². The lowest BCUT2D eigenvalue weighted by Crippen LogP contribution is -2.30. The summed E-state index contributed by atoms with van der Waals surface area (Å²) in [5.41, 5.74) is 4.97. The van der Waals surface area contributed by atoms with Gasteiger partial charge < -0.3 is 15.9 Å². The molecule has 0 radical (unpaired) electrons. The fourth-order valence-corrected chi connectivity index (χ4v) is 0.647. The van der Waals surface area contributed by atoms with Gasteiger partial charge >= 0.3 is 5.97 Å². The number of hydrogen-bond donors (Lipinski definition) is 3. The third kappa shape index (κ3) is 7.27. The first-order valence-corrected chi connectivity index (χ1v) is 4.27. The number of rotatable bonds is 3. The summed E-state index contributed by atoms with van der Waals surface area (Å²) < 4.78 is 0. The van der Waals surface area contributed by atoms with Crippen LogP contribution in [0, 0.1) is 0 Å². The Labute approximate surface area is 83.0 Å². The summed E-state index contributed by atoms with van der Waals surface area (Å²) in [6.45, 7) is -0.173. The van der Waals surface area contributed by atoms with Crippen molar-refractivity contribution in [2.75, 3.05) is 6.61 Å². The normalized spacial score (nSPS) is 11.0. The van der Waals surface area contributed by atoms with E-state index in [-0.39, 0.29) is 13.0 Å². The number of carboxylic acid groups (broad SMARTS) is 1. The Morgan fingerprint density at radius 1 is 1.14 bits per heavy atom. The predicted octanol–water partition coefficient (Wildman–Crippen LogP) is 0.467. The molecule has 0 fully saturated rings. The van der Waals surface area contributed by atoms with Gasteiger partial charge in [-0.15, -0.1) is 0 Å². The van der Waals surface area contributed by atoms with Crippen LogP contribution in [0.15, 0.2) is 36.4 Å². The monoisotopic (exact) mass is 197 g/mol. The topological polar surface area (TPSA) is 83.5 Å². The van der Waals surface area contributed by atoms with Gasteiger partial charge in [-0.25, -0.2) is 0 Å². The molecule has 1 unspecified atom stereocenters. The van der Waals surface area contributed by atoms with Gasteiger partial charge in [-0.3, -0.25) is 4.79 Å². The predicted molar refractivity (Wildman–Crippen MR) is 53.8 cm³/mol. The second-order valence-corrected chi connectivity index (χ2v) is 2.61. The van der Waals surface area contributed by atoms with Crippen molar-refractivity contribution >= 4 is 5.97 Å². The van der Waals surface area contributed by atoms with E-state index in [9.17, 15) is 4.79 Å². The van der Waals surface area contributed by atoms with Crippen LogP contribution in [-0.2, 0) is 4.79 Å². The molecule has 0 bridgehead atoms. The lowest BCUT2D eigenvalue weighted by molar-refractivity contribution is -0.138. The van der Waals surface area contributed by atoms with Gasteiger partial charge in [-0.1, -0.05) is 36.4 Å². The maximum Gasteiger partial charge on any atom is 0.320 e. The minimum absolute atomic E-state index is 0.120. The molecule has 14 heavy (non-hydrogen) atoms. The van der Waals surface area contributed by atoms with Crippen LogP contribution < -0.4 is 5.73 Å². The van der Waals surface area contributed by atoms with Crippen LogP contribution in [0.1, 0.15) is 6.42 Å². The summed E-state index contributed by atoms with van der Waals surface area (Å²) in [7, 11) is 0. The molecule has 0 heterocycles. The third-order valence-electron chi connectivity index (χ3n) is 1.42. The van der Waals surface area contributed by atoms with Crippen molar-refractivity contribution in [1.82, 2.24) is 0 Å². The third-order valence-corrected chi connectivity index (χ3v) is 1.42. The van der Waals surface area contributed by atoms with E-state index in [4.69, 9.17) is 15.9 Å². The maximum atomic E-state index is 9.85. The molecule has 78 valence electrons. The molecule has 0 amide bonds. The van der Waals surface area contributed by atoms with Gasteiger partial charge in [0.25, 0.3) is 0 Å². The van der Waals surface area contributed by atoms with Crippen molar-refractivity contribution in [3.05, 3.63) is 36.4 Å². The highest BCUT2D eigenvalue weighted by Crippen LogP contribution is 1.83. The zero-order valence-electron chi connectivity index (χ0n) is 7.84. The standard InChI is InChI=1S/C6H6.C4H9NO3/c1-2-4-6-5-3-1;5-3(1-2-6)4(7)8/h1-6H;3,6H,1-2,5H2,(H,7,8). The van der Waals surface area contributed by atoms with Crippen LogP contribution in [0.3, 0.4) is 0 Å². The molecular weight excluding hydrogens is 182 g/mol. The first kappa shape index (κ1) is 12.6. The smallest absolute Gasteiger partial charge is 0.320 e.